The highest BCUT2D eigenvalue weighted by atomic mass is 32.2. The lowest BCUT2D eigenvalue weighted by molar-refractivity contribution is -0.132. The van der Waals surface area contributed by atoms with E-state index < -0.39 is 5.97 Å². The number of thioether (sulfide) groups is 1. The first-order valence-electron chi connectivity index (χ1n) is 12.7. The molecule has 1 aromatic rings. The number of aliphatic imine (C=N–C) groups is 1. The topological polar surface area (TPSA) is 92.8 Å². The third-order valence-corrected chi connectivity index (χ3v) is 8.29. The molecule has 0 heterocycles. The SMILES string of the molecule is CCC(C)C(=O)CN=C1CC2CC2/C1=C(/N)C(=O)O.CCCC(CCC)Sc1ccccc1C. The number of nitrogens with two attached hydrogens (primary N) is 1. The Kier molecular flexibility index (Phi) is 11.4. The zero-order valence-corrected chi connectivity index (χ0v) is 22.3. The molecule has 2 saturated carbocycles. The maximum atomic E-state index is 11.8. The van der Waals surface area contributed by atoms with Crippen molar-refractivity contribution in [2.24, 2.45) is 28.5 Å². The van der Waals surface area contributed by atoms with Crippen molar-refractivity contribution >= 4 is 29.2 Å². The first kappa shape index (κ1) is 28.2. The Morgan fingerprint density at radius 2 is 1.82 bits per heavy atom. The largest absolute Gasteiger partial charge is 0.477 e. The van der Waals surface area contributed by atoms with Gasteiger partial charge in [-0.25, -0.2) is 4.79 Å². The van der Waals surface area contributed by atoms with E-state index in [0.29, 0.717) is 11.5 Å². The Hall–Kier alpha value is -2.08. The number of benzene rings is 1. The van der Waals surface area contributed by atoms with Gasteiger partial charge in [-0.15, -0.1) is 11.8 Å². The summed E-state index contributed by atoms with van der Waals surface area (Å²) in [6, 6.07) is 8.72. The molecule has 188 valence electrons. The number of carboxylic acid groups (broad SMARTS) is 1. The van der Waals surface area contributed by atoms with Crippen LogP contribution in [0.1, 0.15) is 78.2 Å². The first-order chi connectivity index (χ1) is 16.2. The molecule has 3 rings (SSSR count). The molecular weight excluding hydrogens is 444 g/mol. The van der Waals surface area contributed by atoms with Crippen LogP contribution in [0.5, 0.6) is 0 Å². The number of hydrogen-bond acceptors (Lipinski definition) is 5. The van der Waals surface area contributed by atoms with Crippen molar-refractivity contribution < 1.29 is 14.7 Å². The van der Waals surface area contributed by atoms with Crippen molar-refractivity contribution in [3.8, 4) is 0 Å². The molecule has 0 aliphatic heterocycles. The van der Waals surface area contributed by atoms with Crippen LogP contribution in [-0.4, -0.2) is 34.4 Å². The van der Waals surface area contributed by atoms with Crippen LogP contribution in [0.3, 0.4) is 0 Å². The number of aliphatic carboxylic acids is 1. The molecule has 3 atom stereocenters. The number of allylic oxidation sites excluding steroid dienone is 1. The van der Waals surface area contributed by atoms with Gasteiger partial charge in [0.05, 0.1) is 6.54 Å². The molecule has 34 heavy (non-hydrogen) atoms. The highest BCUT2D eigenvalue weighted by Gasteiger charge is 2.50. The highest BCUT2D eigenvalue weighted by molar-refractivity contribution is 8.00. The standard InChI is InChI=1S/C14H20N2O3.C14H22S/c1-3-7(2)11(17)6-16-10-5-8-4-9(8)12(10)13(15)14(18)19;1-4-8-13(9-5-2)15-14-11-7-6-10-12(14)3/h7-9H,3-6,15H2,1-2H3,(H,18,19);6-7,10-11,13H,4-5,8-9H2,1-3H3/b13-12-,16-10?;. The van der Waals surface area contributed by atoms with Crippen LogP contribution in [0.2, 0.25) is 0 Å². The summed E-state index contributed by atoms with van der Waals surface area (Å²) in [5.74, 6) is -0.240. The summed E-state index contributed by atoms with van der Waals surface area (Å²) in [5, 5.41) is 9.80. The van der Waals surface area contributed by atoms with Gasteiger partial charge in [0, 0.05) is 27.3 Å². The lowest BCUT2D eigenvalue weighted by atomic mass is 10.0. The summed E-state index contributed by atoms with van der Waals surface area (Å²) in [6.07, 6.45) is 7.84. The smallest absolute Gasteiger partial charge is 0.352 e. The summed E-state index contributed by atoms with van der Waals surface area (Å²) in [6.45, 7) is 10.8. The number of carboxylic acids is 1. The van der Waals surface area contributed by atoms with Crippen LogP contribution in [0, 0.1) is 24.7 Å². The zero-order valence-electron chi connectivity index (χ0n) is 21.5. The molecule has 0 amide bonds. The molecule has 2 fully saturated rings. The van der Waals surface area contributed by atoms with Crippen molar-refractivity contribution in [3.63, 3.8) is 0 Å². The molecule has 0 saturated heterocycles. The van der Waals surface area contributed by atoms with E-state index in [1.807, 2.05) is 13.8 Å². The van der Waals surface area contributed by atoms with Crippen molar-refractivity contribution in [2.75, 3.05) is 6.54 Å². The van der Waals surface area contributed by atoms with E-state index >= 15 is 0 Å². The lowest BCUT2D eigenvalue weighted by Crippen LogP contribution is -2.19. The average molecular weight is 487 g/mol. The zero-order chi connectivity index (χ0) is 25.3. The molecule has 6 heteroatoms. The predicted octanol–water partition coefficient (Wildman–Crippen LogP) is 6.44. The van der Waals surface area contributed by atoms with Crippen LogP contribution >= 0.6 is 11.8 Å². The van der Waals surface area contributed by atoms with E-state index in [0.717, 1.165) is 30.2 Å². The monoisotopic (exact) mass is 486 g/mol. The lowest BCUT2D eigenvalue weighted by Gasteiger charge is -2.15. The van der Waals surface area contributed by atoms with Gasteiger partial charge in [0.25, 0.3) is 0 Å². The Balaban J connectivity index is 0.000000248. The second kappa shape index (κ2) is 13.7. The number of carbonyl (C=O) groups is 2. The minimum absolute atomic E-state index is 0.00420. The first-order valence-corrected chi connectivity index (χ1v) is 13.6. The van der Waals surface area contributed by atoms with Crippen molar-refractivity contribution in [1.29, 1.82) is 0 Å². The van der Waals surface area contributed by atoms with Crippen LogP contribution in [0.25, 0.3) is 0 Å². The number of hydrogen-bond donors (Lipinski definition) is 2. The van der Waals surface area contributed by atoms with Gasteiger partial charge in [-0.2, -0.15) is 0 Å². The number of rotatable bonds is 11. The fourth-order valence-corrected chi connectivity index (χ4v) is 5.83. The van der Waals surface area contributed by atoms with Crippen LogP contribution in [0.15, 0.2) is 45.4 Å². The summed E-state index contributed by atoms with van der Waals surface area (Å²) in [7, 11) is 0. The molecule has 3 N–H and O–H groups in total. The average Bonchev–Trinajstić information content (AvgIpc) is 3.48. The van der Waals surface area contributed by atoms with Gasteiger partial charge >= 0.3 is 5.97 Å². The number of aryl methyl sites for hydroxylation is 1. The third-order valence-electron chi connectivity index (χ3n) is 6.78. The van der Waals surface area contributed by atoms with E-state index in [-0.39, 0.29) is 29.9 Å². The Bertz CT molecular complexity index is 903. The van der Waals surface area contributed by atoms with Gasteiger partial charge in [0.15, 0.2) is 5.78 Å². The molecule has 1 aromatic carbocycles. The molecule has 2 aliphatic rings. The summed E-state index contributed by atoms with van der Waals surface area (Å²) in [4.78, 5) is 28.5. The summed E-state index contributed by atoms with van der Waals surface area (Å²) < 4.78 is 0. The number of carbonyl (C=O) groups excluding carboxylic acids is 1. The maximum absolute atomic E-state index is 11.8. The normalized spacial score (nSPS) is 22.1. The number of Topliss-reactive ketones (excluding diaryl/α,β-unsaturated/α-hetero) is 1. The third kappa shape index (κ3) is 8.00. The van der Waals surface area contributed by atoms with Gasteiger partial charge in [0.2, 0.25) is 0 Å². The molecule has 0 spiro atoms. The number of ketones is 1. The molecule has 5 nitrogen and oxygen atoms in total. The van der Waals surface area contributed by atoms with Crippen LogP contribution in [-0.2, 0) is 9.59 Å². The number of nitrogens with zero attached hydrogens (tertiary/aromatic N) is 1. The molecule has 2 aliphatic carbocycles. The van der Waals surface area contributed by atoms with E-state index in [9.17, 15) is 9.59 Å². The minimum Gasteiger partial charge on any atom is -0.477 e. The van der Waals surface area contributed by atoms with Crippen LogP contribution in [0.4, 0.5) is 0 Å². The molecular formula is C28H42N2O3S. The second-order valence-corrected chi connectivity index (χ2v) is 10.9. The van der Waals surface area contributed by atoms with E-state index in [1.54, 1.807) is 0 Å². The van der Waals surface area contributed by atoms with Crippen molar-refractivity contribution in [1.82, 2.24) is 0 Å². The molecule has 0 radical (unpaired) electrons. The van der Waals surface area contributed by atoms with E-state index in [4.69, 9.17) is 10.8 Å². The van der Waals surface area contributed by atoms with Gasteiger partial charge in [-0.3, -0.25) is 9.79 Å². The number of fused-ring (bicyclic) bond motifs is 1. The van der Waals surface area contributed by atoms with Crippen molar-refractivity contribution in [2.45, 2.75) is 89.7 Å². The molecule has 3 unspecified atom stereocenters. The minimum atomic E-state index is -1.09. The highest BCUT2D eigenvalue weighted by Crippen LogP contribution is 2.54. The Labute approximate surface area is 209 Å². The van der Waals surface area contributed by atoms with E-state index in [1.165, 1.54) is 36.1 Å². The Morgan fingerprint density at radius 1 is 1.18 bits per heavy atom. The Morgan fingerprint density at radius 3 is 2.38 bits per heavy atom. The fourth-order valence-electron chi connectivity index (χ4n) is 4.35. The van der Waals surface area contributed by atoms with Gasteiger partial charge < -0.3 is 10.8 Å². The maximum Gasteiger partial charge on any atom is 0.352 e. The fraction of sp³-hybridized carbons (Fsp3) is 0.607. The molecule has 0 aromatic heterocycles. The molecule has 0 bridgehead atoms. The summed E-state index contributed by atoms with van der Waals surface area (Å²) in [5.41, 5.74) is 8.36. The van der Waals surface area contributed by atoms with Crippen molar-refractivity contribution in [3.05, 3.63) is 41.1 Å². The van der Waals surface area contributed by atoms with Gasteiger partial charge in [-0.1, -0.05) is 58.7 Å². The van der Waals surface area contributed by atoms with Gasteiger partial charge in [-0.05, 0) is 62.5 Å². The van der Waals surface area contributed by atoms with Gasteiger partial charge in [0.1, 0.15) is 5.70 Å². The predicted molar refractivity (Wildman–Crippen MR) is 142 cm³/mol. The van der Waals surface area contributed by atoms with Crippen LogP contribution < -0.4 is 5.73 Å². The van der Waals surface area contributed by atoms with E-state index in [2.05, 4.69) is 61.8 Å². The quantitative estimate of drug-likeness (QED) is 0.277. The second-order valence-electron chi connectivity index (χ2n) is 9.56. The summed E-state index contributed by atoms with van der Waals surface area (Å²) >= 11 is 2.06.